The van der Waals surface area contributed by atoms with Gasteiger partial charge in [-0.25, -0.2) is 10.2 Å². The predicted molar refractivity (Wildman–Crippen MR) is 81.4 cm³/mol. The van der Waals surface area contributed by atoms with Crippen LogP contribution in [0, 0.1) is 10.4 Å². The van der Waals surface area contributed by atoms with E-state index in [9.17, 15) is 20.3 Å². The number of phenolic OH excluding ortho intramolecular Hbond substituents is 1. The first-order chi connectivity index (χ1) is 11.0. The fourth-order valence-electron chi connectivity index (χ4n) is 2.23. The number of carbonyl (C=O) groups excluding carboxylic acids is 1. The molecule has 0 spiro atoms. The Morgan fingerprint density at radius 1 is 1.09 bits per heavy atom. The first-order valence-electron chi connectivity index (χ1n) is 6.47. The van der Waals surface area contributed by atoms with Crippen LogP contribution in [0.15, 0.2) is 41.5 Å². The van der Waals surface area contributed by atoms with E-state index in [1.165, 1.54) is 36.5 Å². The number of nitrogens with zero attached hydrogens (tertiary/aromatic N) is 3. The molecule has 0 atom stereocenters. The van der Waals surface area contributed by atoms with Crippen LogP contribution in [0.4, 0.5) is 4.79 Å². The largest absolute Gasteiger partial charge is 0.617 e. The maximum Gasteiger partial charge on any atom is 0.332 e. The molecule has 0 bridgehead atoms. The number of hydrazone groups is 1. The number of nitrogens with one attached hydrogen (secondary N) is 1. The molecule has 23 heavy (non-hydrogen) atoms. The molecule has 4 N–H and O–H groups in total. The van der Waals surface area contributed by atoms with Crippen molar-refractivity contribution in [3.8, 4) is 5.75 Å². The van der Waals surface area contributed by atoms with Gasteiger partial charge in [0.2, 0.25) is 0 Å². The first kappa shape index (κ1) is 14.3. The van der Waals surface area contributed by atoms with Gasteiger partial charge in [-0.05, 0) is 12.1 Å². The van der Waals surface area contributed by atoms with Crippen LogP contribution >= 0.6 is 0 Å². The van der Waals surface area contributed by atoms with Gasteiger partial charge in [0.1, 0.15) is 5.75 Å². The third-order valence-electron chi connectivity index (χ3n) is 3.22. The SMILES string of the molecule is NC(=O)NN=Cc1ccc2c(c1)[n+]([O-])c1ccc(O)cc1[n+]2[O-]. The number of aromatic hydroxyl groups is 1. The summed E-state index contributed by atoms with van der Waals surface area (Å²) in [4.78, 5) is 10.6. The molecule has 0 saturated heterocycles. The molecule has 0 unspecified atom stereocenters. The first-order valence-corrected chi connectivity index (χ1v) is 6.47. The van der Waals surface area contributed by atoms with Crippen LogP contribution in [-0.4, -0.2) is 17.4 Å². The van der Waals surface area contributed by atoms with Crippen molar-refractivity contribution < 1.29 is 19.4 Å². The summed E-state index contributed by atoms with van der Waals surface area (Å²) in [6, 6.07) is 7.55. The van der Waals surface area contributed by atoms with Gasteiger partial charge in [0.15, 0.2) is 0 Å². The number of urea groups is 1. The number of amides is 2. The molecule has 3 rings (SSSR count). The molecule has 116 valence electrons. The molecular weight excluding hydrogens is 302 g/mol. The van der Waals surface area contributed by atoms with Crippen LogP contribution in [0.25, 0.3) is 22.1 Å². The molecule has 0 radical (unpaired) electrons. The van der Waals surface area contributed by atoms with Crippen LogP contribution < -0.4 is 20.6 Å². The van der Waals surface area contributed by atoms with Crippen LogP contribution in [-0.2, 0) is 0 Å². The summed E-state index contributed by atoms with van der Waals surface area (Å²) in [5.74, 6) is -0.109. The molecule has 2 aromatic carbocycles. The van der Waals surface area contributed by atoms with E-state index >= 15 is 0 Å². The van der Waals surface area contributed by atoms with Crippen molar-refractivity contribution in [3.05, 3.63) is 52.4 Å². The van der Waals surface area contributed by atoms with Crippen LogP contribution in [0.3, 0.4) is 0 Å². The van der Waals surface area contributed by atoms with Gasteiger partial charge in [0.05, 0.1) is 12.3 Å². The Bertz CT molecular complexity index is 970. The Balaban J connectivity index is 2.21. The van der Waals surface area contributed by atoms with Crippen molar-refractivity contribution in [2.45, 2.75) is 0 Å². The maximum absolute atomic E-state index is 12.4. The second-order valence-electron chi connectivity index (χ2n) is 4.74. The Hall–Kier alpha value is -3.62. The molecule has 0 saturated carbocycles. The zero-order valence-electron chi connectivity index (χ0n) is 11.6. The van der Waals surface area contributed by atoms with Crippen LogP contribution in [0.1, 0.15) is 5.56 Å². The molecular formula is C14H11N5O4. The van der Waals surface area contributed by atoms with Crippen molar-refractivity contribution in [2.24, 2.45) is 10.8 Å². The lowest BCUT2D eigenvalue weighted by atomic mass is 10.2. The summed E-state index contributed by atoms with van der Waals surface area (Å²) in [6.07, 6.45) is 1.29. The highest BCUT2D eigenvalue weighted by Gasteiger charge is 2.21. The minimum atomic E-state index is -0.816. The number of hydrogen-bond donors (Lipinski definition) is 3. The van der Waals surface area contributed by atoms with E-state index in [1.807, 2.05) is 5.43 Å². The zero-order valence-corrected chi connectivity index (χ0v) is 11.6. The van der Waals surface area contributed by atoms with Crippen molar-refractivity contribution in [1.29, 1.82) is 0 Å². The minimum Gasteiger partial charge on any atom is -0.617 e. The summed E-state index contributed by atoms with van der Waals surface area (Å²) in [5.41, 5.74) is 7.85. The van der Waals surface area contributed by atoms with E-state index in [0.717, 1.165) is 0 Å². The molecule has 1 aromatic heterocycles. The summed E-state index contributed by atoms with van der Waals surface area (Å²) in [5, 5.41) is 37.9. The summed E-state index contributed by atoms with van der Waals surface area (Å²) >= 11 is 0. The number of aromatic nitrogens is 2. The van der Waals surface area contributed by atoms with E-state index in [2.05, 4.69) is 5.10 Å². The maximum atomic E-state index is 12.4. The monoisotopic (exact) mass is 313 g/mol. The molecule has 1 heterocycles. The van der Waals surface area contributed by atoms with Gasteiger partial charge in [-0.15, -0.1) is 0 Å². The quantitative estimate of drug-likeness (QED) is 0.201. The molecule has 3 aromatic rings. The molecule has 0 aliphatic rings. The number of fused-ring (bicyclic) bond motifs is 2. The molecule has 0 aliphatic heterocycles. The third-order valence-corrected chi connectivity index (χ3v) is 3.22. The van der Waals surface area contributed by atoms with Crippen LogP contribution in [0.5, 0.6) is 5.75 Å². The van der Waals surface area contributed by atoms with Crippen molar-refractivity contribution in [3.63, 3.8) is 0 Å². The summed E-state index contributed by atoms with van der Waals surface area (Å²) in [7, 11) is 0. The second kappa shape index (κ2) is 5.30. The number of rotatable bonds is 2. The van der Waals surface area contributed by atoms with E-state index < -0.39 is 6.03 Å². The van der Waals surface area contributed by atoms with Gasteiger partial charge in [0.25, 0.3) is 22.1 Å². The molecule has 9 nitrogen and oxygen atoms in total. The van der Waals surface area contributed by atoms with E-state index in [0.29, 0.717) is 15.0 Å². The lowest BCUT2D eigenvalue weighted by Crippen LogP contribution is -2.39. The second-order valence-corrected chi connectivity index (χ2v) is 4.74. The molecule has 0 fully saturated rings. The van der Waals surface area contributed by atoms with Crippen molar-refractivity contribution >= 4 is 34.3 Å². The number of carbonyl (C=O) groups is 1. The average molecular weight is 313 g/mol. The van der Waals surface area contributed by atoms with Crippen molar-refractivity contribution in [1.82, 2.24) is 5.43 Å². The number of benzene rings is 2. The van der Waals surface area contributed by atoms with Gasteiger partial charge in [0, 0.05) is 23.8 Å². The topological polar surface area (TPSA) is 142 Å². The number of hydrogen-bond acceptors (Lipinski definition) is 5. The third kappa shape index (κ3) is 2.50. The van der Waals surface area contributed by atoms with Crippen molar-refractivity contribution in [2.75, 3.05) is 0 Å². The fraction of sp³-hybridized carbons (Fsp3) is 0. The molecule has 2 amide bonds. The van der Waals surface area contributed by atoms with E-state index in [1.54, 1.807) is 6.07 Å². The smallest absolute Gasteiger partial charge is 0.332 e. The summed E-state index contributed by atoms with van der Waals surface area (Å²) < 4.78 is 1.17. The molecule has 0 aliphatic carbocycles. The minimum absolute atomic E-state index is 0.0595. The highest BCUT2D eigenvalue weighted by molar-refractivity contribution is 5.87. The van der Waals surface area contributed by atoms with Gasteiger partial charge >= 0.3 is 6.03 Å². The van der Waals surface area contributed by atoms with Gasteiger partial charge in [-0.1, -0.05) is 0 Å². The lowest BCUT2D eigenvalue weighted by Gasteiger charge is -2.08. The predicted octanol–water partition coefficient (Wildman–Crippen LogP) is -0.0324. The Kier molecular flexibility index (Phi) is 3.30. The van der Waals surface area contributed by atoms with Gasteiger partial charge < -0.3 is 21.3 Å². The Morgan fingerprint density at radius 3 is 2.35 bits per heavy atom. The standard InChI is InChI=1S/C14H11N5O4/c15-14(21)17-16-7-8-1-3-10-12(5-8)18(22)11-4-2-9(20)6-13(11)19(10)23/h1-7,20H,(H3,15,17,21). The Morgan fingerprint density at radius 2 is 1.70 bits per heavy atom. The normalized spacial score (nSPS) is 11.3. The van der Waals surface area contributed by atoms with Gasteiger partial charge in [-0.2, -0.15) is 14.6 Å². The Labute approximate surface area is 129 Å². The zero-order chi connectivity index (χ0) is 16.6. The molecule has 9 heteroatoms. The fourth-order valence-corrected chi connectivity index (χ4v) is 2.23. The number of nitrogens with two attached hydrogens (primary N) is 1. The number of phenols is 1. The lowest BCUT2D eigenvalue weighted by molar-refractivity contribution is -0.591. The number of primary amides is 1. The van der Waals surface area contributed by atoms with E-state index in [4.69, 9.17) is 5.73 Å². The van der Waals surface area contributed by atoms with Crippen LogP contribution in [0.2, 0.25) is 0 Å². The highest BCUT2D eigenvalue weighted by Crippen LogP contribution is 2.17. The van der Waals surface area contributed by atoms with E-state index in [-0.39, 0.29) is 27.8 Å². The summed E-state index contributed by atoms with van der Waals surface area (Å²) in [6.45, 7) is 0. The highest BCUT2D eigenvalue weighted by atomic mass is 16.5. The average Bonchev–Trinajstić information content (AvgIpc) is 2.52. The van der Waals surface area contributed by atoms with Gasteiger partial charge in [-0.3, -0.25) is 0 Å².